The maximum Gasteiger partial charge on any atom is 0.331 e. The van der Waals surface area contributed by atoms with Crippen molar-refractivity contribution in [3.8, 4) is 11.5 Å². The number of rotatable bonds is 5. The maximum atomic E-state index is 12.0. The van der Waals surface area contributed by atoms with Crippen molar-refractivity contribution in [1.82, 2.24) is 10.2 Å². The number of nitrogens with zero attached hydrogens (tertiary/aromatic N) is 2. The summed E-state index contributed by atoms with van der Waals surface area (Å²) in [6.07, 6.45) is 2.48. The summed E-state index contributed by atoms with van der Waals surface area (Å²) in [5, 5.41) is 7.95. The summed E-state index contributed by atoms with van der Waals surface area (Å²) >= 11 is 0. The Kier molecular flexibility index (Phi) is 5.04. The Hall–Kier alpha value is -3.21. The minimum absolute atomic E-state index is 0.260. The Balaban J connectivity index is 1.63. The van der Waals surface area contributed by atoms with E-state index in [4.69, 9.17) is 9.15 Å². The van der Waals surface area contributed by atoms with E-state index in [1.165, 1.54) is 6.08 Å². The Morgan fingerprint density at radius 2 is 1.92 bits per heavy atom. The van der Waals surface area contributed by atoms with E-state index in [1.807, 2.05) is 61.5 Å². The van der Waals surface area contributed by atoms with Crippen molar-refractivity contribution in [2.45, 2.75) is 20.0 Å². The summed E-state index contributed by atoms with van der Waals surface area (Å²) in [5.74, 6) is 0.193. The fourth-order valence-corrected chi connectivity index (χ4v) is 2.30. The molecule has 0 amide bonds. The number of carbonyl (C=O) groups is 1. The molecule has 0 saturated carbocycles. The van der Waals surface area contributed by atoms with Gasteiger partial charge < -0.3 is 9.15 Å². The first kappa shape index (κ1) is 16.6. The van der Waals surface area contributed by atoms with Crippen LogP contribution in [0.5, 0.6) is 0 Å². The predicted molar refractivity (Wildman–Crippen MR) is 94.5 cm³/mol. The molecule has 0 aliphatic rings. The molecule has 0 spiro atoms. The molecule has 0 radical (unpaired) electrons. The van der Waals surface area contributed by atoms with Gasteiger partial charge in [-0.2, -0.15) is 0 Å². The highest BCUT2D eigenvalue weighted by Gasteiger charge is 2.17. The van der Waals surface area contributed by atoms with Gasteiger partial charge in [0.05, 0.1) is 0 Å². The van der Waals surface area contributed by atoms with Gasteiger partial charge in [0.1, 0.15) is 0 Å². The van der Waals surface area contributed by atoms with Gasteiger partial charge >= 0.3 is 5.97 Å². The lowest BCUT2D eigenvalue weighted by Crippen LogP contribution is -2.06. The van der Waals surface area contributed by atoms with Crippen molar-refractivity contribution in [1.29, 1.82) is 0 Å². The van der Waals surface area contributed by atoms with Crippen molar-refractivity contribution >= 4 is 12.0 Å². The van der Waals surface area contributed by atoms with Crippen molar-refractivity contribution in [2.24, 2.45) is 0 Å². The molecule has 5 heteroatoms. The first-order valence-corrected chi connectivity index (χ1v) is 7.96. The summed E-state index contributed by atoms with van der Waals surface area (Å²) in [6, 6.07) is 17.3. The molecule has 5 nitrogen and oxygen atoms in total. The standard InChI is InChI=1S/C20H18N2O3/c1-14-7-6-8-16(13-14)11-12-18(23)24-15(2)19-21-22-20(25-19)17-9-4-3-5-10-17/h3-13,15H,1-2H3/b12-11+/t15-/m1/s1. The van der Waals surface area contributed by atoms with E-state index >= 15 is 0 Å². The lowest BCUT2D eigenvalue weighted by Gasteiger charge is -2.06. The van der Waals surface area contributed by atoms with E-state index in [0.717, 1.165) is 16.7 Å². The second-order valence-electron chi connectivity index (χ2n) is 5.64. The van der Waals surface area contributed by atoms with Gasteiger partial charge in [0, 0.05) is 11.6 Å². The van der Waals surface area contributed by atoms with Crippen LogP contribution in [0.1, 0.15) is 30.0 Å². The van der Waals surface area contributed by atoms with Crippen LogP contribution in [0.25, 0.3) is 17.5 Å². The zero-order valence-electron chi connectivity index (χ0n) is 14.0. The smallest absolute Gasteiger partial charge is 0.331 e. The molecule has 1 aromatic heterocycles. The Morgan fingerprint density at radius 3 is 2.68 bits per heavy atom. The Bertz CT molecular complexity index is 885. The fraction of sp³-hybridized carbons (Fsp3) is 0.150. The summed E-state index contributed by atoms with van der Waals surface area (Å²) in [7, 11) is 0. The van der Waals surface area contributed by atoms with Crippen molar-refractivity contribution < 1.29 is 13.9 Å². The van der Waals surface area contributed by atoms with Gasteiger partial charge in [0.15, 0.2) is 6.10 Å². The van der Waals surface area contributed by atoms with E-state index < -0.39 is 12.1 Å². The summed E-state index contributed by atoms with van der Waals surface area (Å²) in [6.45, 7) is 3.69. The van der Waals surface area contributed by atoms with E-state index in [2.05, 4.69) is 10.2 Å². The number of carbonyl (C=O) groups excluding carboxylic acids is 1. The summed E-state index contributed by atoms with van der Waals surface area (Å²) in [4.78, 5) is 12.0. The van der Waals surface area contributed by atoms with Gasteiger partial charge in [-0.15, -0.1) is 10.2 Å². The normalized spacial score (nSPS) is 12.2. The zero-order valence-corrected chi connectivity index (χ0v) is 14.0. The molecule has 3 rings (SSSR count). The van der Waals surface area contributed by atoms with Crippen LogP contribution in [-0.4, -0.2) is 16.2 Å². The number of hydrogen-bond donors (Lipinski definition) is 0. The van der Waals surface area contributed by atoms with Crippen LogP contribution in [0.4, 0.5) is 0 Å². The first-order chi connectivity index (χ1) is 12.1. The molecule has 0 bridgehead atoms. The second-order valence-corrected chi connectivity index (χ2v) is 5.64. The average Bonchev–Trinajstić information content (AvgIpc) is 3.11. The molecule has 0 aliphatic carbocycles. The SMILES string of the molecule is Cc1cccc(/C=C/C(=O)O[C@H](C)c2nnc(-c3ccccc3)o2)c1. The van der Waals surface area contributed by atoms with Gasteiger partial charge in [0.25, 0.3) is 5.89 Å². The number of hydrogen-bond acceptors (Lipinski definition) is 5. The minimum atomic E-state index is -0.625. The molecule has 126 valence electrons. The number of esters is 1. The first-order valence-electron chi connectivity index (χ1n) is 7.96. The fourth-order valence-electron chi connectivity index (χ4n) is 2.30. The molecule has 1 heterocycles. The number of benzene rings is 2. The van der Waals surface area contributed by atoms with Crippen LogP contribution < -0.4 is 0 Å². The number of ether oxygens (including phenoxy) is 1. The quantitative estimate of drug-likeness (QED) is 0.512. The third-order valence-corrected chi connectivity index (χ3v) is 3.56. The highest BCUT2D eigenvalue weighted by atomic mass is 16.6. The summed E-state index contributed by atoms with van der Waals surface area (Å²) in [5.41, 5.74) is 2.89. The zero-order chi connectivity index (χ0) is 17.6. The molecule has 0 N–H and O–H groups in total. The van der Waals surface area contributed by atoms with Gasteiger partial charge in [0.2, 0.25) is 5.89 Å². The summed E-state index contributed by atoms with van der Waals surface area (Å²) < 4.78 is 10.9. The third-order valence-electron chi connectivity index (χ3n) is 3.56. The van der Waals surface area contributed by atoms with E-state index in [-0.39, 0.29) is 5.89 Å². The molecule has 0 aliphatic heterocycles. The molecule has 0 fully saturated rings. The van der Waals surface area contributed by atoms with Crippen LogP contribution in [0, 0.1) is 6.92 Å². The highest BCUT2D eigenvalue weighted by molar-refractivity contribution is 5.87. The van der Waals surface area contributed by atoms with Crippen LogP contribution in [0.2, 0.25) is 0 Å². The Morgan fingerprint density at radius 1 is 1.12 bits per heavy atom. The van der Waals surface area contributed by atoms with E-state index in [0.29, 0.717) is 5.89 Å². The van der Waals surface area contributed by atoms with Crippen LogP contribution in [0.3, 0.4) is 0 Å². The second kappa shape index (κ2) is 7.57. The largest absolute Gasteiger partial charge is 0.449 e. The third kappa shape index (κ3) is 4.41. The molecular formula is C20H18N2O3. The lowest BCUT2D eigenvalue weighted by molar-refractivity contribution is -0.143. The number of aromatic nitrogens is 2. The molecule has 25 heavy (non-hydrogen) atoms. The van der Waals surface area contributed by atoms with Crippen molar-refractivity contribution in [3.05, 3.63) is 77.7 Å². The van der Waals surface area contributed by atoms with Crippen LogP contribution in [0.15, 0.2) is 65.1 Å². The van der Waals surface area contributed by atoms with E-state index in [1.54, 1.807) is 13.0 Å². The predicted octanol–water partition coefficient (Wildman–Crippen LogP) is 4.36. The minimum Gasteiger partial charge on any atom is -0.449 e. The molecule has 3 aromatic rings. The molecule has 1 atom stereocenters. The maximum absolute atomic E-state index is 12.0. The van der Waals surface area contributed by atoms with Crippen LogP contribution >= 0.6 is 0 Å². The van der Waals surface area contributed by atoms with Crippen molar-refractivity contribution in [3.63, 3.8) is 0 Å². The molecule has 0 unspecified atom stereocenters. The van der Waals surface area contributed by atoms with Gasteiger partial charge in [-0.05, 0) is 37.6 Å². The number of aryl methyl sites for hydroxylation is 1. The van der Waals surface area contributed by atoms with Gasteiger partial charge in [-0.1, -0.05) is 48.0 Å². The molecule has 2 aromatic carbocycles. The molecule has 0 saturated heterocycles. The Labute approximate surface area is 146 Å². The highest BCUT2D eigenvalue weighted by Crippen LogP contribution is 2.22. The monoisotopic (exact) mass is 334 g/mol. The van der Waals surface area contributed by atoms with E-state index in [9.17, 15) is 4.79 Å². The van der Waals surface area contributed by atoms with Gasteiger partial charge in [-0.3, -0.25) is 0 Å². The van der Waals surface area contributed by atoms with Gasteiger partial charge in [-0.25, -0.2) is 4.79 Å². The molecular weight excluding hydrogens is 316 g/mol. The lowest BCUT2D eigenvalue weighted by atomic mass is 10.1. The van der Waals surface area contributed by atoms with Crippen LogP contribution in [-0.2, 0) is 9.53 Å². The average molecular weight is 334 g/mol. The topological polar surface area (TPSA) is 65.2 Å². The van der Waals surface area contributed by atoms with Crippen molar-refractivity contribution in [2.75, 3.05) is 0 Å².